The van der Waals surface area contributed by atoms with Crippen LogP contribution in [0.3, 0.4) is 0 Å². The van der Waals surface area contributed by atoms with E-state index >= 15 is 0 Å². The molecule has 0 fully saturated rings. The second-order valence-electron chi connectivity index (χ2n) is 6.38. The molecule has 2 nitrogen and oxygen atoms in total. The van der Waals surface area contributed by atoms with Crippen molar-refractivity contribution in [2.45, 2.75) is 37.9 Å². The summed E-state index contributed by atoms with van der Waals surface area (Å²) >= 11 is 13.8. The molecule has 0 saturated carbocycles. The Morgan fingerprint density at radius 1 is 1.00 bits per heavy atom. The van der Waals surface area contributed by atoms with E-state index in [9.17, 15) is 5.11 Å². The van der Waals surface area contributed by atoms with Crippen LogP contribution in [-0.4, -0.2) is 41.0 Å². The van der Waals surface area contributed by atoms with E-state index in [0.29, 0.717) is 10.0 Å². The first-order chi connectivity index (χ1) is 12.4. The van der Waals surface area contributed by atoms with Gasteiger partial charge in [-0.1, -0.05) is 74.3 Å². The summed E-state index contributed by atoms with van der Waals surface area (Å²) in [6.07, 6.45) is -0.328. The Morgan fingerprint density at radius 2 is 1.58 bits per heavy atom. The summed E-state index contributed by atoms with van der Waals surface area (Å²) in [6, 6.07) is 14.0. The normalized spacial score (nSPS) is 13.8. The largest absolute Gasteiger partial charge is 0.391 e. The molecule has 1 aromatic carbocycles. The summed E-state index contributed by atoms with van der Waals surface area (Å²) in [5.41, 5.74) is 1.06. The second-order valence-corrected chi connectivity index (χ2v) is 8.59. The van der Waals surface area contributed by atoms with Gasteiger partial charge in [0.2, 0.25) is 0 Å². The lowest BCUT2D eigenvalue weighted by Gasteiger charge is -2.25. The van der Waals surface area contributed by atoms with Crippen LogP contribution in [0.25, 0.3) is 0 Å². The third kappa shape index (κ3) is 6.17. The first-order valence-electron chi connectivity index (χ1n) is 9.01. The Labute approximate surface area is 170 Å². The molecule has 2 aliphatic rings. The van der Waals surface area contributed by atoms with Crippen molar-refractivity contribution in [3.05, 3.63) is 68.5 Å². The number of aliphatic hydroxyl groups is 1. The van der Waals surface area contributed by atoms with Crippen LogP contribution >= 0.6 is 35.0 Å². The van der Waals surface area contributed by atoms with Gasteiger partial charge in [-0.3, -0.25) is 0 Å². The molecular weight excluding hydrogens is 385 g/mol. The molecule has 0 aliphatic heterocycles. The highest BCUT2D eigenvalue weighted by atomic mass is 35.5. The van der Waals surface area contributed by atoms with Gasteiger partial charge in [0.25, 0.3) is 0 Å². The summed E-state index contributed by atoms with van der Waals surface area (Å²) < 4.78 is 0. The quantitative estimate of drug-likeness (QED) is 0.521. The standard InChI is InChI=1S/C15H23Cl2NOS.C6H4/c1-4-18(5-2)9-15(19)11(3)20-10-12-6-7-13(16)8-14(12)17;1-2-6-4-3-5(1)6/h6-8,11,15,19H,4-5,9-10H2,1-3H3;1-4H. The average Bonchev–Trinajstić information content (AvgIpc) is 2.61. The fourth-order valence-corrected chi connectivity index (χ4v) is 4.09. The van der Waals surface area contributed by atoms with Crippen LogP contribution in [0.5, 0.6) is 0 Å². The van der Waals surface area contributed by atoms with Crippen LogP contribution in [0.15, 0.2) is 42.5 Å². The highest BCUT2D eigenvalue weighted by Crippen LogP contribution is 2.27. The molecule has 0 spiro atoms. The van der Waals surface area contributed by atoms with Crippen LogP contribution in [0.2, 0.25) is 10.0 Å². The van der Waals surface area contributed by atoms with Crippen LogP contribution in [-0.2, 0) is 5.75 Å². The lowest BCUT2D eigenvalue weighted by molar-refractivity contribution is 0.119. The van der Waals surface area contributed by atoms with Crippen molar-refractivity contribution >= 4 is 35.0 Å². The van der Waals surface area contributed by atoms with Crippen molar-refractivity contribution in [1.29, 1.82) is 0 Å². The van der Waals surface area contributed by atoms with E-state index in [1.165, 1.54) is 10.4 Å². The molecular formula is C21H27Cl2NOS. The topological polar surface area (TPSA) is 23.5 Å². The Bertz CT molecular complexity index is 745. The molecule has 0 saturated heterocycles. The summed E-state index contributed by atoms with van der Waals surface area (Å²) in [6.45, 7) is 8.93. The molecule has 142 valence electrons. The van der Waals surface area contributed by atoms with Gasteiger partial charge in [-0.2, -0.15) is 11.8 Å². The van der Waals surface area contributed by atoms with E-state index in [4.69, 9.17) is 23.2 Å². The van der Waals surface area contributed by atoms with Crippen molar-refractivity contribution in [2.24, 2.45) is 0 Å². The van der Waals surface area contributed by atoms with Gasteiger partial charge in [-0.05, 0) is 41.2 Å². The van der Waals surface area contributed by atoms with Gasteiger partial charge in [0.15, 0.2) is 0 Å². The first kappa shape index (κ1) is 21.6. The second kappa shape index (κ2) is 10.6. The minimum Gasteiger partial charge on any atom is -0.391 e. The van der Waals surface area contributed by atoms with Gasteiger partial charge in [-0.15, -0.1) is 0 Å². The monoisotopic (exact) mass is 411 g/mol. The number of aliphatic hydroxyl groups excluding tert-OH is 1. The van der Waals surface area contributed by atoms with E-state index in [2.05, 4.69) is 49.9 Å². The number of halogens is 2. The van der Waals surface area contributed by atoms with Crippen molar-refractivity contribution in [1.82, 2.24) is 4.90 Å². The zero-order chi connectivity index (χ0) is 19.1. The minimum absolute atomic E-state index is 0.169. The average molecular weight is 412 g/mol. The van der Waals surface area contributed by atoms with Crippen LogP contribution in [0, 0.1) is 10.4 Å². The zero-order valence-electron chi connectivity index (χ0n) is 15.6. The smallest absolute Gasteiger partial charge is 0.0782 e. The SMILES string of the molecule is CCN(CC)CC(O)C(C)SCc1ccc(Cl)cc1Cl.c1cc2ccc1=2. The van der Waals surface area contributed by atoms with Crippen LogP contribution < -0.4 is 0 Å². The third-order valence-electron chi connectivity index (χ3n) is 4.62. The minimum atomic E-state index is -0.328. The first-order valence-corrected chi connectivity index (χ1v) is 10.8. The molecule has 2 unspecified atom stereocenters. The van der Waals surface area contributed by atoms with Crippen molar-refractivity contribution in [3.63, 3.8) is 0 Å². The number of nitrogens with zero attached hydrogens (tertiary/aromatic N) is 1. The fourth-order valence-electron chi connectivity index (χ4n) is 2.53. The van der Waals surface area contributed by atoms with Crippen molar-refractivity contribution in [3.8, 4) is 0 Å². The molecule has 5 heteroatoms. The molecule has 0 bridgehead atoms. The molecule has 0 heterocycles. The Kier molecular flexibility index (Phi) is 8.78. The van der Waals surface area contributed by atoms with E-state index in [1.54, 1.807) is 17.8 Å². The molecule has 0 amide bonds. The maximum Gasteiger partial charge on any atom is 0.0782 e. The van der Waals surface area contributed by atoms with Gasteiger partial charge < -0.3 is 10.0 Å². The van der Waals surface area contributed by atoms with Crippen molar-refractivity contribution < 1.29 is 5.11 Å². The third-order valence-corrected chi connectivity index (χ3v) is 6.52. The number of benzene rings is 2. The summed E-state index contributed by atoms with van der Waals surface area (Å²) in [5.74, 6) is 0.784. The lowest BCUT2D eigenvalue weighted by atomic mass is 10.1. The number of hydrogen-bond donors (Lipinski definition) is 1. The molecule has 0 radical (unpaired) electrons. The highest BCUT2D eigenvalue weighted by molar-refractivity contribution is 7.99. The molecule has 1 N–H and O–H groups in total. The van der Waals surface area contributed by atoms with Gasteiger partial charge in [0.1, 0.15) is 0 Å². The predicted molar refractivity (Wildman–Crippen MR) is 115 cm³/mol. The summed E-state index contributed by atoms with van der Waals surface area (Å²) in [5, 5.41) is 14.6. The molecule has 0 aromatic heterocycles. The van der Waals surface area contributed by atoms with Gasteiger partial charge in [-0.25, -0.2) is 0 Å². The number of rotatable bonds is 8. The Balaban J connectivity index is 0.000000331. The number of thioether (sulfide) groups is 1. The number of likely N-dealkylation sites (N-methyl/N-ethyl adjacent to an activating group) is 1. The van der Waals surface area contributed by atoms with E-state index in [0.717, 1.165) is 31.0 Å². The zero-order valence-corrected chi connectivity index (χ0v) is 17.9. The summed E-state index contributed by atoms with van der Waals surface area (Å²) in [7, 11) is 0. The maximum absolute atomic E-state index is 10.2. The predicted octanol–water partition coefficient (Wildman–Crippen LogP) is 5.60. The van der Waals surface area contributed by atoms with Gasteiger partial charge in [0.05, 0.1) is 6.10 Å². The lowest BCUT2D eigenvalue weighted by Crippen LogP contribution is -2.36. The van der Waals surface area contributed by atoms with Crippen LogP contribution in [0.4, 0.5) is 0 Å². The molecule has 2 aliphatic carbocycles. The Hall–Kier alpha value is -0.710. The fraction of sp³-hybridized carbons (Fsp3) is 0.429. The Morgan fingerprint density at radius 3 is 2.00 bits per heavy atom. The van der Waals surface area contributed by atoms with Gasteiger partial charge in [0, 0.05) is 27.6 Å². The highest BCUT2D eigenvalue weighted by Gasteiger charge is 2.17. The van der Waals surface area contributed by atoms with Crippen LogP contribution in [0.1, 0.15) is 26.3 Å². The molecule has 2 atom stereocenters. The number of hydrogen-bond acceptors (Lipinski definition) is 3. The van der Waals surface area contributed by atoms with E-state index < -0.39 is 0 Å². The molecule has 1 aromatic rings. The summed E-state index contributed by atoms with van der Waals surface area (Å²) in [4.78, 5) is 2.23. The van der Waals surface area contributed by atoms with Gasteiger partial charge >= 0.3 is 0 Å². The van der Waals surface area contributed by atoms with E-state index in [-0.39, 0.29) is 11.4 Å². The molecule has 26 heavy (non-hydrogen) atoms. The van der Waals surface area contributed by atoms with Crippen molar-refractivity contribution in [2.75, 3.05) is 19.6 Å². The molecule has 3 rings (SSSR count). The maximum atomic E-state index is 10.2. The van der Waals surface area contributed by atoms with E-state index in [1.807, 2.05) is 12.1 Å².